The van der Waals surface area contributed by atoms with E-state index >= 15 is 0 Å². The number of ketones is 1. The number of anilines is 1. The summed E-state index contributed by atoms with van der Waals surface area (Å²) in [6.07, 6.45) is 0. The largest absolute Gasteiger partial charge is 0.494 e. The van der Waals surface area contributed by atoms with Gasteiger partial charge in [-0.15, -0.1) is 0 Å². The number of carbonyl (C=O) groups is 2. The minimum absolute atomic E-state index is 0.195. The topological polar surface area (TPSA) is 109 Å². The fourth-order valence-electron chi connectivity index (χ4n) is 3.05. The highest BCUT2D eigenvalue weighted by Crippen LogP contribution is 2.29. The molecule has 2 N–H and O–H groups in total. The Bertz CT molecular complexity index is 1120. The summed E-state index contributed by atoms with van der Waals surface area (Å²) < 4.78 is 11.2. The molecule has 7 heteroatoms. The predicted molar refractivity (Wildman–Crippen MR) is 119 cm³/mol. The first-order chi connectivity index (χ1) is 15.5. The molecule has 0 aliphatic heterocycles. The second-order valence-corrected chi connectivity index (χ2v) is 6.85. The molecule has 0 saturated heterocycles. The number of hydrogen-bond acceptors (Lipinski definition) is 6. The minimum atomic E-state index is -1.10. The lowest BCUT2D eigenvalue weighted by atomic mass is 10.1. The molecule has 0 bridgehead atoms. The molecule has 0 aliphatic carbocycles. The number of nitrogens with zero attached hydrogens (tertiary/aromatic N) is 1. The molecular formula is C25H22N2O5. The maximum atomic E-state index is 12.4. The van der Waals surface area contributed by atoms with E-state index in [1.54, 1.807) is 66.7 Å². The first-order valence-corrected chi connectivity index (χ1v) is 9.98. The maximum Gasteiger partial charge on any atom is 0.330 e. The van der Waals surface area contributed by atoms with E-state index < -0.39 is 12.0 Å². The van der Waals surface area contributed by atoms with Crippen molar-refractivity contribution in [2.24, 2.45) is 0 Å². The van der Waals surface area contributed by atoms with Crippen LogP contribution >= 0.6 is 0 Å². The number of ether oxygens (including phenoxy) is 2. The molecule has 0 fully saturated rings. The van der Waals surface area contributed by atoms with Crippen LogP contribution in [0, 0.1) is 11.3 Å². The monoisotopic (exact) mass is 430 g/mol. The number of rotatable bonds is 10. The summed E-state index contributed by atoms with van der Waals surface area (Å²) in [5.74, 6) is -0.545. The summed E-state index contributed by atoms with van der Waals surface area (Å²) in [4.78, 5) is 24.4. The Labute approximate surface area is 185 Å². The number of carbonyl (C=O) groups excluding carboxylic acids is 1. The lowest BCUT2D eigenvalue weighted by Gasteiger charge is -2.18. The Morgan fingerprint density at radius 3 is 2.25 bits per heavy atom. The summed E-state index contributed by atoms with van der Waals surface area (Å²) in [5.41, 5.74) is 1.94. The van der Waals surface area contributed by atoms with Crippen molar-refractivity contribution in [3.63, 3.8) is 0 Å². The summed E-state index contributed by atoms with van der Waals surface area (Å²) in [5, 5.41) is 21.7. The van der Waals surface area contributed by atoms with Gasteiger partial charge in [-0.1, -0.05) is 30.3 Å². The van der Waals surface area contributed by atoms with Crippen LogP contribution in [0.3, 0.4) is 0 Å². The third kappa shape index (κ3) is 5.86. The Hall–Kier alpha value is -4.31. The van der Waals surface area contributed by atoms with Gasteiger partial charge in [-0.3, -0.25) is 4.79 Å². The van der Waals surface area contributed by atoms with E-state index in [1.165, 1.54) is 0 Å². The highest BCUT2D eigenvalue weighted by molar-refractivity contribution is 5.97. The zero-order valence-electron chi connectivity index (χ0n) is 17.4. The third-order valence-corrected chi connectivity index (χ3v) is 4.58. The molecule has 0 heterocycles. The van der Waals surface area contributed by atoms with Crippen LogP contribution in [0.15, 0.2) is 72.8 Å². The molecule has 0 aliphatic rings. The molecule has 3 rings (SSSR count). The summed E-state index contributed by atoms with van der Waals surface area (Å²) in [7, 11) is 0. The number of aliphatic carboxylic acids is 1. The fraction of sp³-hybridized carbons (Fsp3) is 0.160. The molecule has 0 amide bonds. The number of hydrogen-bond donors (Lipinski definition) is 2. The van der Waals surface area contributed by atoms with Gasteiger partial charge in [-0.2, -0.15) is 5.26 Å². The lowest BCUT2D eigenvalue weighted by molar-refractivity contribution is -0.138. The van der Waals surface area contributed by atoms with Crippen molar-refractivity contribution in [1.29, 1.82) is 5.26 Å². The van der Waals surface area contributed by atoms with Crippen molar-refractivity contribution < 1.29 is 24.2 Å². The first-order valence-electron chi connectivity index (χ1n) is 9.98. The average molecular weight is 430 g/mol. The van der Waals surface area contributed by atoms with Crippen LogP contribution in [0.2, 0.25) is 0 Å². The smallest absolute Gasteiger partial charge is 0.330 e. The Balaban J connectivity index is 1.84. The van der Waals surface area contributed by atoms with Crippen molar-refractivity contribution >= 4 is 17.4 Å². The van der Waals surface area contributed by atoms with Crippen molar-refractivity contribution in [3.8, 4) is 17.6 Å². The number of carboxylic acid groups (broad SMARTS) is 1. The Morgan fingerprint density at radius 2 is 1.66 bits per heavy atom. The average Bonchev–Trinajstić information content (AvgIpc) is 2.81. The van der Waals surface area contributed by atoms with Crippen molar-refractivity contribution in [3.05, 3.63) is 89.5 Å². The lowest BCUT2D eigenvalue weighted by Crippen LogP contribution is -2.21. The SMILES string of the molecule is CCOc1cc(OCC(=O)c2ccccc2)cc(C(Nc2ccc(C#N)cc2)C(=O)O)c1. The van der Waals surface area contributed by atoms with E-state index in [-0.39, 0.29) is 12.4 Å². The van der Waals surface area contributed by atoms with Crippen LogP contribution in [0.1, 0.15) is 34.5 Å². The summed E-state index contributed by atoms with van der Waals surface area (Å²) >= 11 is 0. The molecular weight excluding hydrogens is 408 g/mol. The van der Waals surface area contributed by atoms with Gasteiger partial charge in [-0.25, -0.2) is 4.79 Å². The van der Waals surface area contributed by atoms with Crippen LogP contribution < -0.4 is 14.8 Å². The van der Waals surface area contributed by atoms with Gasteiger partial charge in [0.1, 0.15) is 11.5 Å². The van der Waals surface area contributed by atoms with Gasteiger partial charge in [-0.05, 0) is 48.9 Å². The molecule has 0 saturated carbocycles. The highest BCUT2D eigenvalue weighted by atomic mass is 16.5. The standard InChI is InChI=1S/C25H22N2O5/c1-2-31-21-12-19(24(25(29)30)27-20-10-8-17(15-26)9-11-20)13-22(14-21)32-16-23(28)18-6-4-3-5-7-18/h3-14,24,27H,2,16H2,1H3,(H,29,30). The summed E-state index contributed by atoms with van der Waals surface area (Å²) in [6.45, 7) is 2.00. The van der Waals surface area contributed by atoms with Crippen molar-refractivity contribution in [2.45, 2.75) is 13.0 Å². The number of benzene rings is 3. The van der Waals surface area contributed by atoms with Gasteiger partial charge < -0.3 is 19.9 Å². The van der Waals surface area contributed by atoms with Gasteiger partial charge in [0.25, 0.3) is 0 Å². The quantitative estimate of drug-likeness (QED) is 0.457. The van der Waals surface area contributed by atoms with E-state index in [4.69, 9.17) is 14.7 Å². The fourth-order valence-corrected chi connectivity index (χ4v) is 3.05. The molecule has 32 heavy (non-hydrogen) atoms. The Kier molecular flexibility index (Phi) is 7.44. The second-order valence-electron chi connectivity index (χ2n) is 6.85. The number of nitriles is 1. The normalized spacial score (nSPS) is 11.1. The van der Waals surface area contributed by atoms with Crippen LogP contribution in [0.25, 0.3) is 0 Å². The molecule has 162 valence electrons. The van der Waals surface area contributed by atoms with E-state index in [9.17, 15) is 14.7 Å². The zero-order valence-corrected chi connectivity index (χ0v) is 17.4. The molecule has 0 radical (unpaired) electrons. The minimum Gasteiger partial charge on any atom is -0.494 e. The molecule has 1 atom stereocenters. The third-order valence-electron chi connectivity index (χ3n) is 4.58. The van der Waals surface area contributed by atoms with E-state index in [0.717, 1.165) is 0 Å². The van der Waals surface area contributed by atoms with E-state index in [1.807, 2.05) is 19.1 Å². The molecule has 0 aromatic heterocycles. The van der Waals surface area contributed by atoms with Gasteiger partial charge in [0.15, 0.2) is 18.4 Å². The van der Waals surface area contributed by atoms with Crippen molar-refractivity contribution in [1.82, 2.24) is 0 Å². The molecule has 1 unspecified atom stereocenters. The molecule has 7 nitrogen and oxygen atoms in total. The number of carboxylic acids is 1. The van der Waals surface area contributed by atoms with Gasteiger partial charge >= 0.3 is 5.97 Å². The van der Waals surface area contributed by atoms with E-state index in [0.29, 0.717) is 40.5 Å². The zero-order chi connectivity index (χ0) is 22.9. The molecule has 3 aromatic carbocycles. The molecule has 3 aromatic rings. The second kappa shape index (κ2) is 10.6. The van der Waals surface area contributed by atoms with Gasteiger partial charge in [0, 0.05) is 17.3 Å². The van der Waals surface area contributed by atoms with Crippen LogP contribution in [-0.2, 0) is 4.79 Å². The highest BCUT2D eigenvalue weighted by Gasteiger charge is 2.22. The van der Waals surface area contributed by atoms with Crippen LogP contribution in [0.5, 0.6) is 11.5 Å². The van der Waals surface area contributed by atoms with Crippen LogP contribution in [-0.4, -0.2) is 30.1 Å². The number of Topliss-reactive ketones (excluding diaryl/α,β-unsaturated/α-hetero) is 1. The van der Waals surface area contributed by atoms with Gasteiger partial charge in [0.05, 0.1) is 18.2 Å². The molecule has 0 spiro atoms. The van der Waals surface area contributed by atoms with Crippen molar-refractivity contribution in [2.75, 3.05) is 18.5 Å². The summed E-state index contributed by atoms with van der Waals surface area (Å²) in [6, 6.07) is 21.0. The predicted octanol–water partition coefficient (Wildman–Crippen LogP) is 4.46. The van der Waals surface area contributed by atoms with E-state index in [2.05, 4.69) is 5.32 Å². The number of nitrogens with one attached hydrogen (secondary N) is 1. The Morgan fingerprint density at radius 1 is 1.00 bits per heavy atom. The first kappa shape index (κ1) is 22.4. The van der Waals surface area contributed by atoms with Crippen LogP contribution in [0.4, 0.5) is 5.69 Å². The maximum absolute atomic E-state index is 12.4. The van der Waals surface area contributed by atoms with Gasteiger partial charge in [0.2, 0.25) is 0 Å².